The quantitative estimate of drug-likeness (QED) is 0.468. The number of hydrogen-bond donors (Lipinski definition) is 0. The molecule has 0 saturated carbocycles. The summed E-state index contributed by atoms with van der Waals surface area (Å²) in [6.07, 6.45) is 3.30. The lowest BCUT2D eigenvalue weighted by Crippen LogP contribution is -2.39. The Morgan fingerprint density at radius 2 is 1.85 bits per heavy atom. The Morgan fingerprint density at radius 1 is 1.11 bits per heavy atom. The third kappa shape index (κ3) is 3.87. The van der Waals surface area contributed by atoms with Crippen LogP contribution in [0.3, 0.4) is 0 Å². The number of fused-ring (bicyclic) bond motifs is 1. The zero-order valence-corrected chi connectivity index (χ0v) is 16.0. The van der Waals surface area contributed by atoms with Crippen LogP contribution in [0.15, 0.2) is 42.6 Å². The zero-order chi connectivity index (χ0) is 18.8. The van der Waals surface area contributed by atoms with Gasteiger partial charge in [0.25, 0.3) is 0 Å². The van der Waals surface area contributed by atoms with Gasteiger partial charge in [-0.05, 0) is 36.1 Å². The minimum absolute atomic E-state index is 0.134. The van der Waals surface area contributed by atoms with Gasteiger partial charge in [-0.2, -0.15) is 4.98 Å². The molecule has 140 valence electrons. The van der Waals surface area contributed by atoms with Gasteiger partial charge in [-0.25, -0.2) is 9.78 Å². The van der Waals surface area contributed by atoms with E-state index in [0.29, 0.717) is 18.2 Å². The second kappa shape index (κ2) is 7.74. The summed E-state index contributed by atoms with van der Waals surface area (Å²) in [7, 11) is 0. The average Bonchev–Trinajstić information content (AvgIpc) is 3.11. The van der Waals surface area contributed by atoms with Crippen LogP contribution in [0.5, 0.6) is 0 Å². The normalized spacial score (nSPS) is 15.3. The number of nitrogens with zero attached hydrogens (tertiary/aromatic N) is 4. The number of carbonyl (C=O) groups is 1. The fourth-order valence-electron chi connectivity index (χ4n) is 3.40. The number of aromatic nitrogens is 3. The predicted octanol–water partition coefficient (Wildman–Crippen LogP) is 4.71. The summed E-state index contributed by atoms with van der Waals surface area (Å²) >= 11 is 12.1. The van der Waals surface area contributed by atoms with Gasteiger partial charge in [0.05, 0.1) is 5.39 Å². The lowest BCUT2D eigenvalue weighted by molar-refractivity contribution is 0.0834. The monoisotopic (exact) mass is 404 g/mol. The van der Waals surface area contributed by atoms with Crippen molar-refractivity contribution >= 4 is 40.3 Å². The number of ether oxygens (including phenoxy) is 1. The van der Waals surface area contributed by atoms with Crippen LogP contribution in [0.2, 0.25) is 10.4 Å². The van der Waals surface area contributed by atoms with Crippen molar-refractivity contribution < 1.29 is 9.53 Å². The molecule has 1 aliphatic rings. The highest BCUT2D eigenvalue weighted by Crippen LogP contribution is 2.30. The third-order valence-electron chi connectivity index (χ3n) is 4.82. The number of halogens is 2. The van der Waals surface area contributed by atoms with Gasteiger partial charge in [0.2, 0.25) is 5.28 Å². The highest BCUT2D eigenvalue weighted by atomic mass is 35.5. The van der Waals surface area contributed by atoms with Gasteiger partial charge < -0.3 is 14.2 Å². The van der Waals surface area contributed by atoms with Gasteiger partial charge in [0.15, 0.2) is 0 Å². The van der Waals surface area contributed by atoms with Crippen molar-refractivity contribution in [2.24, 2.45) is 0 Å². The molecule has 0 spiro atoms. The SMILES string of the molecule is O=C(OCc1ccccc1)N1CCC(n2ccc3c(Cl)nc(Cl)nc32)CC1. The van der Waals surface area contributed by atoms with Crippen molar-refractivity contribution in [3.05, 3.63) is 58.6 Å². The Balaban J connectivity index is 1.38. The van der Waals surface area contributed by atoms with Crippen LogP contribution >= 0.6 is 23.2 Å². The lowest BCUT2D eigenvalue weighted by Gasteiger charge is -2.32. The molecule has 0 aliphatic carbocycles. The molecule has 3 heterocycles. The first-order chi connectivity index (χ1) is 13.1. The highest BCUT2D eigenvalue weighted by molar-refractivity contribution is 6.35. The molecule has 0 radical (unpaired) electrons. The standard InChI is InChI=1S/C19H18Cl2N4O2/c20-16-15-8-11-25(17(15)23-18(21)22-16)14-6-9-24(10-7-14)19(26)27-12-13-4-2-1-3-5-13/h1-5,8,11,14H,6-7,9-10,12H2. The zero-order valence-electron chi connectivity index (χ0n) is 14.5. The van der Waals surface area contributed by atoms with Crippen LogP contribution in [0.1, 0.15) is 24.4 Å². The van der Waals surface area contributed by atoms with E-state index in [0.717, 1.165) is 29.4 Å². The van der Waals surface area contributed by atoms with Crippen LogP contribution in [0.25, 0.3) is 11.0 Å². The number of benzene rings is 1. The Morgan fingerprint density at radius 3 is 2.59 bits per heavy atom. The van der Waals surface area contributed by atoms with E-state index in [2.05, 4.69) is 14.5 Å². The summed E-state index contributed by atoms with van der Waals surface area (Å²) in [5.74, 6) is 0. The summed E-state index contributed by atoms with van der Waals surface area (Å²) in [5, 5.41) is 1.27. The van der Waals surface area contributed by atoms with Crippen molar-refractivity contribution in [1.82, 2.24) is 19.4 Å². The minimum Gasteiger partial charge on any atom is -0.445 e. The molecule has 1 aromatic carbocycles. The second-order valence-electron chi connectivity index (χ2n) is 6.50. The molecule has 3 aromatic rings. The third-order valence-corrected chi connectivity index (χ3v) is 5.28. The van der Waals surface area contributed by atoms with Crippen molar-refractivity contribution in [1.29, 1.82) is 0 Å². The largest absolute Gasteiger partial charge is 0.445 e. The van der Waals surface area contributed by atoms with Gasteiger partial charge >= 0.3 is 6.09 Å². The van der Waals surface area contributed by atoms with Crippen molar-refractivity contribution in [2.75, 3.05) is 13.1 Å². The second-order valence-corrected chi connectivity index (χ2v) is 7.20. The van der Waals surface area contributed by atoms with E-state index in [1.54, 1.807) is 4.90 Å². The van der Waals surface area contributed by atoms with Crippen LogP contribution in [-0.4, -0.2) is 38.6 Å². The first kappa shape index (κ1) is 18.1. The summed E-state index contributed by atoms with van der Waals surface area (Å²) < 4.78 is 7.49. The van der Waals surface area contributed by atoms with Crippen molar-refractivity contribution in [2.45, 2.75) is 25.5 Å². The smallest absolute Gasteiger partial charge is 0.410 e. The number of hydrogen-bond acceptors (Lipinski definition) is 4. The number of carbonyl (C=O) groups excluding carboxylic acids is 1. The first-order valence-electron chi connectivity index (χ1n) is 8.77. The molecule has 1 aliphatic heterocycles. The molecule has 4 rings (SSSR count). The molecule has 1 amide bonds. The van der Waals surface area contributed by atoms with Crippen LogP contribution in [0, 0.1) is 0 Å². The molecule has 1 saturated heterocycles. The Hall–Kier alpha value is -2.31. The van der Waals surface area contributed by atoms with Crippen molar-refractivity contribution in [3.63, 3.8) is 0 Å². The number of piperidine rings is 1. The summed E-state index contributed by atoms with van der Waals surface area (Å²) in [4.78, 5) is 22.4. The number of rotatable bonds is 3. The van der Waals surface area contributed by atoms with Gasteiger partial charge in [0, 0.05) is 25.3 Å². The van der Waals surface area contributed by atoms with Gasteiger partial charge in [-0.3, -0.25) is 0 Å². The van der Waals surface area contributed by atoms with E-state index in [9.17, 15) is 4.79 Å². The predicted molar refractivity (Wildman–Crippen MR) is 104 cm³/mol. The summed E-state index contributed by atoms with van der Waals surface area (Å²) in [5.41, 5.74) is 1.71. The van der Waals surface area contributed by atoms with Gasteiger partial charge in [0.1, 0.15) is 17.4 Å². The van der Waals surface area contributed by atoms with E-state index in [-0.39, 0.29) is 24.0 Å². The van der Waals surface area contributed by atoms with E-state index >= 15 is 0 Å². The van der Waals surface area contributed by atoms with E-state index in [1.165, 1.54) is 0 Å². The van der Waals surface area contributed by atoms with E-state index < -0.39 is 0 Å². The van der Waals surface area contributed by atoms with Crippen LogP contribution < -0.4 is 0 Å². The molecule has 8 heteroatoms. The molecule has 0 unspecified atom stereocenters. The van der Waals surface area contributed by atoms with E-state index in [1.807, 2.05) is 42.6 Å². The summed E-state index contributed by atoms with van der Waals surface area (Å²) in [6.45, 7) is 1.55. The molecule has 1 fully saturated rings. The maximum absolute atomic E-state index is 12.3. The summed E-state index contributed by atoms with van der Waals surface area (Å²) in [6, 6.07) is 11.8. The minimum atomic E-state index is -0.275. The molecule has 0 bridgehead atoms. The van der Waals surface area contributed by atoms with Gasteiger partial charge in [-0.1, -0.05) is 41.9 Å². The molecule has 6 nitrogen and oxygen atoms in total. The average molecular weight is 405 g/mol. The highest BCUT2D eigenvalue weighted by Gasteiger charge is 2.26. The van der Waals surface area contributed by atoms with Gasteiger partial charge in [-0.15, -0.1) is 0 Å². The first-order valence-corrected chi connectivity index (χ1v) is 9.52. The van der Waals surface area contributed by atoms with Crippen molar-refractivity contribution in [3.8, 4) is 0 Å². The topological polar surface area (TPSA) is 60.2 Å². The Bertz CT molecular complexity index is 953. The Labute approximate surface area is 166 Å². The molecule has 27 heavy (non-hydrogen) atoms. The maximum atomic E-state index is 12.3. The number of amides is 1. The van der Waals surface area contributed by atoms with E-state index in [4.69, 9.17) is 27.9 Å². The Kier molecular flexibility index (Phi) is 5.18. The molecule has 0 N–H and O–H groups in total. The fraction of sp³-hybridized carbons (Fsp3) is 0.316. The molecular formula is C19H18Cl2N4O2. The molecular weight excluding hydrogens is 387 g/mol. The van der Waals surface area contributed by atoms with Crippen LogP contribution in [-0.2, 0) is 11.3 Å². The molecule has 2 aromatic heterocycles. The lowest BCUT2D eigenvalue weighted by atomic mass is 10.1. The fourth-order valence-corrected chi connectivity index (χ4v) is 3.84. The molecule has 0 atom stereocenters. The van der Waals surface area contributed by atoms with Crippen LogP contribution in [0.4, 0.5) is 4.79 Å². The maximum Gasteiger partial charge on any atom is 0.410 e. The number of likely N-dealkylation sites (tertiary alicyclic amines) is 1.